The molecule has 0 nitrogen and oxygen atoms in total. The second-order valence-electron chi connectivity index (χ2n) is 9.29. The van der Waals surface area contributed by atoms with Crippen LogP contribution in [0.2, 0.25) is 0 Å². The molecule has 1 unspecified atom stereocenters. The SMILES string of the molecule is Cc1cccc(C(c2cccc(C)c2)(c2cccc(C)c2)C2C=CC(c3ccccc3)=C2)c1. The van der Waals surface area contributed by atoms with Crippen LogP contribution in [0.4, 0.5) is 0 Å². The van der Waals surface area contributed by atoms with Gasteiger partial charge in [-0.05, 0) is 48.6 Å². The number of hydrogen-bond acceptors (Lipinski definition) is 0. The van der Waals surface area contributed by atoms with Gasteiger partial charge in [-0.2, -0.15) is 0 Å². The van der Waals surface area contributed by atoms with Gasteiger partial charge in [-0.3, -0.25) is 0 Å². The molecule has 0 saturated carbocycles. The number of rotatable bonds is 5. The highest BCUT2D eigenvalue weighted by molar-refractivity contribution is 5.78. The van der Waals surface area contributed by atoms with Gasteiger partial charge in [0.05, 0.1) is 5.41 Å². The summed E-state index contributed by atoms with van der Waals surface area (Å²) in [7, 11) is 0. The van der Waals surface area contributed by atoms with Crippen molar-refractivity contribution >= 4 is 5.57 Å². The summed E-state index contributed by atoms with van der Waals surface area (Å²) in [6.07, 6.45) is 7.16. The van der Waals surface area contributed by atoms with Gasteiger partial charge in [-0.15, -0.1) is 0 Å². The van der Waals surface area contributed by atoms with E-state index in [0.29, 0.717) is 0 Å². The zero-order chi connectivity index (χ0) is 22.8. The van der Waals surface area contributed by atoms with Gasteiger partial charge in [0, 0.05) is 5.92 Å². The fourth-order valence-electron chi connectivity index (χ4n) is 5.35. The predicted octanol–water partition coefficient (Wildman–Crippen LogP) is 8.22. The van der Waals surface area contributed by atoms with Gasteiger partial charge in [0.2, 0.25) is 0 Å². The van der Waals surface area contributed by atoms with Crippen LogP contribution in [0.25, 0.3) is 5.57 Å². The Morgan fingerprint density at radius 3 is 1.48 bits per heavy atom. The van der Waals surface area contributed by atoms with E-state index in [-0.39, 0.29) is 11.3 Å². The third-order valence-corrected chi connectivity index (χ3v) is 6.87. The van der Waals surface area contributed by atoms with Crippen molar-refractivity contribution in [2.45, 2.75) is 26.2 Å². The van der Waals surface area contributed by atoms with E-state index in [2.05, 4.69) is 142 Å². The average molecular weight is 427 g/mol. The molecule has 0 saturated heterocycles. The van der Waals surface area contributed by atoms with Crippen LogP contribution in [0.5, 0.6) is 0 Å². The maximum atomic E-state index is 2.46. The van der Waals surface area contributed by atoms with Crippen LogP contribution >= 0.6 is 0 Å². The minimum Gasteiger partial charge on any atom is -0.0754 e. The van der Waals surface area contributed by atoms with Gasteiger partial charge >= 0.3 is 0 Å². The smallest absolute Gasteiger partial charge is 0.0548 e. The molecule has 162 valence electrons. The Balaban J connectivity index is 1.83. The number of hydrogen-bond donors (Lipinski definition) is 0. The van der Waals surface area contributed by atoms with E-state index in [9.17, 15) is 0 Å². The molecule has 0 heterocycles. The van der Waals surface area contributed by atoms with E-state index in [1.54, 1.807) is 0 Å². The molecule has 0 heteroatoms. The summed E-state index contributed by atoms with van der Waals surface area (Å²) in [6, 6.07) is 37.9. The van der Waals surface area contributed by atoms with Crippen molar-refractivity contribution in [3.8, 4) is 0 Å². The van der Waals surface area contributed by atoms with Crippen LogP contribution in [-0.4, -0.2) is 0 Å². The first kappa shape index (κ1) is 21.2. The average Bonchev–Trinajstić information content (AvgIpc) is 3.31. The van der Waals surface area contributed by atoms with Crippen molar-refractivity contribution < 1.29 is 0 Å². The fourth-order valence-corrected chi connectivity index (χ4v) is 5.35. The molecular weight excluding hydrogens is 396 g/mol. The lowest BCUT2D eigenvalue weighted by molar-refractivity contribution is 0.527. The molecule has 0 aliphatic heterocycles. The minimum atomic E-state index is -0.322. The maximum absolute atomic E-state index is 2.46. The quantitative estimate of drug-likeness (QED) is 0.282. The zero-order valence-corrected chi connectivity index (χ0v) is 19.6. The molecule has 0 spiro atoms. The Labute approximate surface area is 198 Å². The lowest BCUT2D eigenvalue weighted by Crippen LogP contribution is -2.36. The summed E-state index contributed by atoms with van der Waals surface area (Å²) in [5, 5.41) is 0. The molecule has 4 aromatic carbocycles. The van der Waals surface area contributed by atoms with Gasteiger partial charge in [0.1, 0.15) is 0 Å². The highest BCUT2D eigenvalue weighted by Gasteiger charge is 2.43. The monoisotopic (exact) mass is 426 g/mol. The molecule has 4 aromatic rings. The van der Waals surface area contributed by atoms with Crippen LogP contribution in [0.1, 0.15) is 38.9 Å². The van der Waals surface area contributed by atoms with Crippen LogP contribution in [-0.2, 0) is 5.41 Å². The van der Waals surface area contributed by atoms with E-state index in [1.807, 2.05) is 0 Å². The third-order valence-electron chi connectivity index (χ3n) is 6.87. The first-order valence-corrected chi connectivity index (χ1v) is 11.7. The minimum absolute atomic E-state index is 0.193. The predicted molar refractivity (Wildman–Crippen MR) is 140 cm³/mol. The van der Waals surface area contributed by atoms with Gasteiger partial charge in [-0.25, -0.2) is 0 Å². The van der Waals surface area contributed by atoms with Crippen LogP contribution < -0.4 is 0 Å². The van der Waals surface area contributed by atoms with Crippen LogP contribution in [0.15, 0.2) is 121 Å². The summed E-state index contributed by atoms with van der Waals surface area (Å²) in [6.45, 7) is 6.57. The normalized spacial score (nSPS) is 15.5. The summed E-state index contributed by atoms with van der Waals surface area (Å²) in [5.74, 6) is 0.193. The van der Waals surface area contributed by atoms with Crippen LogP contribution in [0.3, 0.4) is 0 Å². The molecule has 33 heavy (non-hydrogen) atoms. The van der Waals surface area contributed by atoms with Gasteiger partial charge in [0.15, 0.2) is 0 Å². The molecule has 0 fully saturated rings. The van der Waals surface area contributed by atoms with Crippen molar-refractivity contribution in [2.75, 3.05) is 0 Å². The summed E-state index contributed by atoms with van der Waals surface area (Å²) < 4.78 is 0. The number of allylic oxidation sites excluding steroid dienone is 4. The maximum Gasteiger partial charge on any atom is 0.0548 e. The van der Waals surface area contributed by atoms with E-state index >= 15 is 0 Å². The van der Waals surface area contributed by atoms with Gasteiger partial charge < -0.3 is 0 Å². The molecule has 0 N–H and O–H groups in total. The van der Waals surface area contributed by atoms with E-state index in [4.69, 9.17) is 0 Å². The van der Waals surface area contributed by atoms with Crippen molar-refractivity contribution in [3.63, 3.8) is 0 Å². The summed E-state index contributed by atoms with van der Waals surface area (Å²) in [5.41, 5.74) is 10.1. The van der Waals surface area contributed by atoms with Crippen molar-refractivity contribution in [2.24, 2.45) is 5.92 Å². The molecule has 1 aliphatic rings. The standard InChI is InChI=1S/C33H30/c1-24-10-7-15-29(20-24)33(30-16-8-11-25(2)21-30,31-17-9-12-26(3)22-31)32-19-18-28(23-32)27-13-5-4-6-14-27/h4-23,32H,1-3H3. The zero-order valence-electron chi connectivity index (χ0n) is 19.6. The third kappa shape index (κ3) is 3.87. The molecule has 0 amide bonds. The van der Waals surface area contributed by atoms with Crippen molar-refractivity contribution in [3.05, 3.63) is 160 Å². The Morgan fingerprint density at radius 2 is 1.03 bits per heavy atom. The van der Waals surface area contributed by atoms with E-state index in [1.165, 1.54) is 44.5 Å². The topological polar surface area (TPSA) is 0 Å². The van der Waals surface area contributed by atoms with Gasteiger partial charge in [0.25, 0.3) is 0 Å². The van der Waals surface area contributed by atoms with Crippen molar-refractivity contribution in [1.29, 1.82) is 0 Å². The highest BCUT2D eigenvalue weighted by Crippen LogP contribution is 2.49. The van der Waals surface area contributed by atoms with E-state index in [0.717, 1.165) is 0 Å². The molecule has 0 radical (unpaired) electrons. The molecule has 1 atom stereocenters. The summed E-state index contributed by atoms with van der Waals surface area (Å²) in [4.78, 5) is 0. The molecule has 1 aliphatic carbocycles. The number of benzene rings is 4. The highest BCUT2D eigenvalue weighted by atomic mass is 14.4. The lowest BCUT2D eigenvalue weighted by Gasteiger charge is -2.40. The first-order chi connectivity index (χ1) is 16.1. The molecule has 0 bridgehead atoms. The number of aryl methyl sites for hydroxylation is 3. The first-order valence-electron chi connectivity index (χ1n) is 11.7. The largest absolute Gasteiger partial charge is 0.0754 e. The summed E-state index contributed by atoms with van der Waals surface area (Å²) >= 11 is 0. The fraction of sp³-hybridized carbons (Fsp3) is 0.152. The Bertz CT molecular complexity index is 1230. The second kappa shape index (κ2) is 8.71. The second-order valence-corrected chi connectivity index (χ2v) is 9.29. The van der Waals surface area contributed by atoms with Crippen molar-refractivity contribution in [1.82, 2.24) is 0 Å². The van der Waals surface area contributed by atoms with E-state index < -0.39 is 0 Å². The Hall–Kier alpha value is -3.64. The molecular formula is C33H30. The van der Waals surface area contributed by atoms with Gasteiger partial charge in [-0.1, -0.05) is 138 Å². The lowest BCUT2D eigenvalue weighted by atomic mass is 9.61. The molecule has 0 aromatic heterocycles. The van der Waals surface area contributed by atoms with Crippen LogP contribution in [0, 0.1) is 26.7 Å². The Morgan fingerprint density at radius 1 is 0.545 bits per heavy atom. The molecule has 5 rings (SSSR count). The Kier molecular flexibility index (Phi) is 5.60.